The van der Waals surface area contributed by atoms with Gasteiger partial charge in [0.05, 0.1) is 28.4 Å². The van der Waals surface area contributed by atoms with Gasteiger partial charge in [-0.2, -0.15) is 0 Å². The molecule has 5 heteroatoms. The SMILES string of the molecule is COc1ccc(C2=C(c3ccc(OC)c(OC)c3)CN3CCC[C@@H]3C2)cc1OC. The first-order valence-corrected chi connectivity index (χ1v) is 10.1. The number of nitrogens with zero attached hydrogens (tertiary/aromatic N) is 1. The Labute approximate surface area is 172 Å². The summed E-state index contributed by atoms with van der Waals surface area (Å²) >= 11 is 0. The smallest absolute Gasteiger partial charge is 0.161 e. The summed E-state index contributed by atoms with van der Waals surface area (Å²) in [4.78, 5) is 2.61. The van der Waals surface area contributed by atoms with E-state index in [0.29, 0.717) is 6.04 Å². The number of ether oxygens (including phenoxy) is 4. The van der Waals surface area contributed by atoms with Crippen molar-refractivity contribution in [3.8, 4) is 23.0 Å². The Morgan fingerprint density at radius 3 is 1.83 bits per heavy atom. The van der Waals surface area contributed by atoms with Gasteiger partial charge in [-0.1, -0.05) is 12.1 Å². The summed E-state index contributed by atoms with van der Waals surface area (Å²) in [6.45, 7) is 2.12. The van der Waals surface area contributed by atoms with Crippen molar-refractivity contribution in [2.24, 2.45) is 0 Å². The molecule has 2 aliphatic heterocycles. The first kappa shape index (κ1) is 19.6. The lowest BCUT2D eigenvalue weighted by Gasteiger charge is -2.34. The Bertz CT molecular complexity index is 848. The largest absolute Gasteiger partial charge is 0.493 e. The van der Waals surface area contributed by atoms with Gasteiger partial charge >= 0.3 is 0 Å². The highest BCUT2D eigenvalue weighted by atomic mass is 16.5. The second kappa shape index (κ2) is 8.37. The predicted octanol–water partition coefficient (Wildman–Crippen LogP) is 4.50. The Kier molecular flexibility index (Phi) is 5.67. The van der Waals surface area contributed by atoms with Crippen molar-refractivity contribution in [2.45, 2.75) is 25.3 Å². The normalized spacial score (nSPS) is 19.1. The fourth-order valence-corrected chi connectivity index (χ4v) is 4.60. The molecule has 0 radical (unpaired) electrons. The van der Waals surface area contributed by atoms with Crippen molar-refractivity contribution in [3.63, 3.8) is 0 Å². The number of fused-ring (bicyclic) bond motifs is 1. The molecule has 1 fully saturated rings. The minimum atomic E-state index is 0.613. The zero-order chi connectivity index (χ0) is 20.4. The van der Waals surface area contributed by atoms with E-state index >= 15 is 0 Å². The summed E-state index contributed by atoms with van der Waals surface area (Å²) in [5.74, 6) is 3.02. The van der Waals surface area contributed by atoms with E-state index in [2.05, 4.69) is 29.2 Å². The van der Waals surface area contributed by atoms with Crippen LogP contribution in [0.1, 0.15) is 30.4 Å². The number of rotatable bonds is 6. The van der Waals surface area contributed by atoms with E-state index in [-0.39, 0.29) is 0 Å². The van der Waals surface area contributed by atoms with Gasteiger partial charge in [0.25, 0.3) is 0 Å². The highest BCUT2D eigenvalue weighted by Crippen LogP contribution is 2.43. The van der Waals surface area contributed by atoms with Crippen molar-refractivity contribution in [2.75, 3.05) is 41.5 Å². The quantitative estimate of drug-likeness (QED) is 0.720. The van der Waals surface area contributed by atoms with Crippen LogP contribution >= 0.6 is 0 Å². The Hall–Kier alpha value is -2.66. The highest BCUT2D eigenvalue weighted by molar-refractivity contribution is 5.93. The second-order valence-corrected chi connectivity index (χ2v) is 7.57. The van der Waals surface area contributed by atoms with Crippen LogP contribution in [0.3, 0.4) is 0 Å². The number of benzene rings is 2. The zero-order valence-electron chi connectivity index (χ0n) is 17.7. The average Bonchev–Trinajstić information content (AvgIpc) is 3.24. The molecule has 5 nitrogen and oxygen atoms in total. The Morgan fingerprint density at radius 1 is 0.724 bits per heavy atom. The van der Waals surface area contributed by atoms with Crippen LogP contribution in [-0.4, -0.2) is 52.5 Å². The fraction of sp³-hybridized carbons (Fsp3) is 0.417. The lowest BCUT2D eigenvalue weighted by molar-refractivity contribution is 0.280. The van der Waals surface area contributed by atoms with Crippen molar-refractivity contribution >= 4 is 11.1 Å². The van der Waals surface area contributed by atoms with E-state index in [1.807, 2.05) is 12.1 Å². The third-order valence-corrected chi connectivity index (χ3v) is 6.13. The maximum Gasteiger partial charge on any atom is 0.161 e. The van der Waals surface area contributed by atoms with Crippen LogP contribution in [0, 0.1) is 0 Å². The van der Waals surface area contributed by atoms with Crippen molar-refractivity contribution in [3.05, 3.63) is 47.5 Å². The molecule has 0 N–H and O–H groups in total. The van der Waals surface area contributed by atoms with Crippen LogP contribution in [0.5, 0.6) is 23.0 Å². The van der Waals surface area contributed by atoms with Crippen molar-refractivity contribution in [1.82, 2.24) is 4.90 Å². The van der Waals surface area contributed by atoms with E-state index in [0.717, 1.165) is 36.0 Å². The van der Waals surface area contributed by atoms with Gasteiger partial charge in [0.1, 0.15) is 0 Å². The number of hydrogen-bond acceptors (Lipinski definition) is 5. The van der Waals surface area contributed by atoms with Gasteiger partial charge in [0, 0.05) is 12.6 Å². The highest BCUT2D eigenvalue weighted by Gasteiger charge is 2.32. The molecular weight excluding hydrogens is 366 g/mol. The molecule has 0 aliphatic carbocycles. The van der Waals surface area contributed by atoms with Crippen molar-refractivity contribution in [1.29, 1.82) is 0 Å². The zero-order valence-corrected chi connectivity index (χ0v) is 17.7. The molecule has 4 rings (SSSR count). The molecule has 0 saturated carbocycles. The maximum absolute atomic E-state index is 5.57. The molecule has 2 aliphatic rings. The van der Waals surface area contributed by atoms with Gasteiger partial charge in [0.15, 0.2) is 23.0 Å². The van der Waals surface area contributed by atoms with Gasteiger partial charge in [-0.15, -0.1) is 0 Å². The van der Waals surface area contributed by atoms with Crippen LogP contribution in [0.4, 0.5) is 0 Å². The summed E-state index contributed by atoms with van der Waals surface area (Å²) in [6, 6.07) is 13.1. The molecule has 1 saturated heterocycles. The minimum Gasteiger partial charge on any atom is -0.493 e. The second-order valence-electron chi connectivity index (χ2n) is 7.57. The lowest BCUT2D eigenvalue weighted by atomic mass is 9.86. The molecule has 154 valence electrons. The molecule has 0 aromatic heterocycles. The molecule has 0 unspecified atom stereocenters. The van der Waals surface area contributed by atoms with Gasteiger partial charge < -0.3 is 18.9 Å². The number of hydrogen-bond donors (Lipinski definition) is 0. The van der Waals surface area contributed by atoms with E-state index < -0.39 is 0 Å². The summed E-state index contributed by atoms with van der Waals surface area (Å²) < 4.78 is 22.0. The monoisotopic (exact) mass is 395 g/mol. The van der Waals surface area contributed by atoms with Crippen LogP contribution in [0.2, 0.25) is 0 Å². The van der Waals surface area contributed by atoms with Crippen LogP contribution < -0.4 is 18.9 Å². The Balaban J connectivity index is 1.84. The lowest BCUT2D eigenvalue weighted by Crippen LogP contribution is -2.35. The van der Waals surface area contributed by atoms with Gasteiger partial charge in [-0.05, 0) is 72.3 Å². The summed E-state index contributed by atoms with van der Waals surface area (Å²) in [6.07, 6.45) is 3.57. The predicted molar refractivity (Wildman–Crippen MR) is 115 cm³/mol. The molecule has 29 heavy (non-hydrogen) atoms. The molecular formula is C24H29NO4. The molecule has 2 aromatic rings. The maximum atomic E-state index is 5.57. The van der Waals surface area contributed by atoms with Crippen LogP contribution in [0.15, 0.2) is 36.4 Å². The van der Waals surface area contributed by atoms with E-state index in [4.69, 9.17) is 18.9 Å². The standard InChI is InChI=1S/C24H29NO4/c1-26-21-9-7-16(12-23(21)28-3)19-14-18-6-5-11-25(18)15-20(19)17-8-10-22(27-2)24(13-17)29-4/h7-10,12-13,18H,5-6,11,14-15H2,1-4H3/t18-/m1/s1. The topological polar surface area (TPSA) is 40.2 Å². The molecule has 2 heterocycles. The molecule has 0 spiro atoms. The number of methoxy groups -OCH3 is 4. The van der Waals surface area contributed by atoms with Crippen LogP contribution in [-0.2, 0) is 0 Å². The summed E-state index contributed by atoms with van der Waals surface area (Å²) in [7, 11) is 6.71. The van der Waals surface area contributed by atoms with Gasteiger partial charge in [-0.3, -0.25) is 4.90 Å². The molecule has 1 atom stereocenters. The van der Waals surface area contributed by atoms with Gasteiger partial charge in [-0.25, -0.2) is 0 Å². The van der Waals surface area contributed by atoms with E-state index in [9.17, 15) is 0 Å². The molecule has 2 aromatic carbocycles. The molecule has 0 amide bonds. The Morgan fingerprint density at radius 2 is 1.28 bits per heavy atom. The molecule has 0 bridgehead atoms. The van der Waals surface area contributed by atoms with Crippen molar-refractivity contribution < 1.29 is 18.9 Å². The minimum absolute atomic E-state index is 0.613. The third-order valence-electron chi connectivity index (χ3n) is 6.13. The first-order valence-electron chi connectivity index (χ1n) is 10.1. The van der Waals surface area contributed by atoms with E-state index in [1.165, 1.54) is 41.7 Å². The summed E-state index contributed by atoms with van der Waals surface area (Å²) in [5, 5.41) is 0. The van der Waals surface area contributed by atoms with Crippen LogP contribution in [0.25, 0.3) is 11.1 Å². The first-order chi connectivity index (χ1) is 14.2. The fourth-order valence-electron chi connectivity index (χ4n) is 4.60. The average molecular weight is 395 g/mol. The van der Waals surface area contributed by atoms with Gasteiger partial charge in [0.2, 0.25) is 0 Å². The van der Waals surface area contributed by atoms with E-state index in [1.54, 1.807) is 28.4 Å². The third kappa shape index (κ3) is 3.67. The summed E-state index contributed by atoms with van der Waals surface area (Å²) in [5.41, 5.74) is 5.09.